The van der Waals surface area contributed by atoms with Crippen molar-refractivity contribution in [2.24, 2.45) is 0 Å². The van der Waals surface area contributed by atoms with E-state index in [0.29, 0.717) is 0 Å². The van der Waals surface area contributed by atoms with Gasteiger partial charge in [0, 0.05) is 23.5 Å². The minimum Gasteiger partial charge on any atom is -0.335 e. The number of urea groups is 1. The molecule has 3 N–H and O–H groups in total. The highest BCUT2D eigenvalue weighted by Gasteiger charge is 2.08. The van der Waals surface area contributed by atoms with E-state index in [1.54, 1.807) is 0 Å². The molecule has 1 aromatic rings. The molecule has 5 heteroatoms. The van der Waals surface area contributed by atoms with E-state index >= 15 is 0 Å². The third-order valence-electron chi connectivity index (χ3n) is 3.03. The largest absolute Gasteiger partial charge is 0.335 e. The molecule has 20 heavy (non-hydrogen) atoms. The number of carbonyl (C=O) groups is 1. The Morgan fingerprint density at radius 2 is 2.10 bits per heavy atom. The molecule has 0 aromatic heterocycles. The summed E-state index contributed by atoms with van der Waals surface area (Å²) in [5.41, 5.74) is 1.97. The fourth-order valence-electron chi connectivity index (χ4n) is 1.78. The van der Waals surface area contributed by atoms with Gasteiger partial charge in [-0.2, -0.15) is 11.8 Å². The third kappa shape index (κ3) is 5.84. The van der Waals surface area contributed by atoms with Crippen molar-refractivity contribution in [3.8, 4) is 0 Å². The zero-order valence-corrected chi connectivity index (χ0v) is 13.5. The van der Waals surface area contributed by atoms with Crippen molar-refractivity contribution in [3.05, 3.63) is 29.8 Å². The van der Waals surface area contributed by atoms with Gasteiger partial charge in [-0.25, -0.2) is 4.79 Å². The van der Waals surface area contributed by atoms with Crippen molar-refractivity contribution < 1.29 is 4.79 Å². The molecule has 0 aliphatic carbocycles. The molecule has 0 heterocycles. The van der Waals surface area contributed by atoms with Crippen LogP contribution in [0.2, 0.25) is 0 Å². The molecular weight excluding hydrogens is 270 g/mol. The first kappa shape index (κ1) is 16.9. The molecule has 2 unspecified atom stereocenters. The van der Waals surface area contributed by atoms with Crippen molar-refractivity contribution in [2.75, 3.05) is 23.9 Å². The molecule has 2 amide bonds. The molecule has 1 rings (SSSR count). The van der Waals surface area contributed by atoms with Gasteiger partial charge in [0.15, 0.2) is 0 Å². The number of nitrogens with one attached hydrogen (secondary N) is 3. The minimum atomic E-state index is -0.150. The van der Waals surface area contributed by atoms with Crippen LogP contribution in [0.4, 0.5) is 10.5 Å². The number of amides is 2. The van der Waals surface area contributed by atoms with E-state index in [1.165, 1.54) is 0 Å². The predicted molar refractivity (Wildman–Crippen MR) is 88.5 cm³/mol. The van der Waals surface area contributed by atoms with E-state index in [2.05, 4.69) is 29.8 Å². The van der Waals surface area contributed by atoms with E-state index in [-0.39, 0.29) is 18.1 Å². The van der Waals surface area contributed by atoms with Crippen molar-refractivity contribution in [1.29, 1.82) is 0 Å². The molecule has 2 atom stereocenters. The van der Waals surface area contributed by atoms with E-state index in [9.17, 15) is 4.79 Å². The Hall–Kier alpha value is -1.20. The fourth-order valence-corrected chi connectivity index (χ4v) is 2.45. The molecular formula is C15H25N3OS. The van der Waals surface area contributed by atoms with Crippen molar-refractivity contribution in [2.45, 2.75) is 32.9 Å². The van der Waals surface area contributed by atoms with Crippen LogP contribution in [0.5, 0.6) is 0 Å². The maximum Gasteiger partial charge on any atom is 0.319 e. The van der Waals surface area contributed by atoms with Gasteiger partial charge in [0.25, 0.3) is 0 Å². The van der Waals surface area contributed by atoms with Crippen LogP contribution in [0.1, 0.15) is 32.4 Å². The average molecular weight is 295 g/mol. The van der Waals surface area contributed by atoms with E-state index in [1.807, 2.05) is 50.0 Å². The summed E-state index contributed by atoms with van der Waals surface area (Å²) in [6.45, 7) is 6.22. The van der Waals surface area contributed by atoms with E-state index in [0.717, 1.165) is 22.8 Å². The summed E-state index contributed by atoms with van der Waals surface area (Å²) in [6.07, 6.45) is 0. The monoisotopic (exact) mass is 295 g/mol. The Bertz CT molecular complexity index is 425. The summed E-state index contributed by atoms with van der Waals surface area (Å²) in [5.74, 6) is 2.00. The van der Waals surface area contributed by atoms with Crippen LogP contribution in [0.3, 0.4) is 0 Å². The molecule has 4 nitrogen and oxygen atoms in total. The lowest BCUT2D eigenvalue weighted by atomic mass is 10.1. The number of anilines is 1. The Kier molecular flexibility index (Phi) is 7.47. The summed E-state index contributed by atoms with van der Waals surface area (Å²) >= 11 is 1.82. The number of benzene rings is 1. The molecule has 0 aliphatic rings. The highest BCUT2D eigenvalue weighted by Crippen LogP contribution is 2.16. The molecule has 0 saturated carbocycles. The SMILES string of the molecule is CCSCC(C)NC(=O)Nc1cccc(C(C)NC)c1. The molecule has 0 fully saturated rings. The van der Waals surface area contributed by atoms with Gasteiger partial charge in [0.1, 0.15) is 0 Å². The van der Waals surface area contributed by atoms with Gasteiger partial charge >= 0.3 is 6.03 Å². The summed E-state index contributed by atoms with van der Waals surface area (Å²) in [7, 11) is 1.92. The van der Waals surface area contributed by atoms with Crippen molar-refractivity contribution in [3.63, 3.8) is 0 Å². The number of thioether (sulfide) groups is 1. The highest BCUT2D eigenvalue weighted by atomic mass is 32.2. The quantitative estimate of drug-likeness (QED) is 0.724. The highest BCUT2D eigenvalue weighted by molar-refractivity contribution is 7.99. The van der Waals surface area contributed by atoms with Crippen LogP contribution < -0.4 is 16.0 Å². The van der Waals surface area contributed by atoms with Gasteiger partial charge in [0.2, 0.25) is 0 Å². The van der Waals surface area contributed by atoms with Crippen LogP contribution in [0.15, 0.2) is 24.3 Å². The first-order valence-electron chi connectivity index (χ1n) is 6.99. The van der Waals surface area contributed by atoms with Gasteiger partial charge < -0.3 is 16.0 Å². The number of hydrogen-bond acceptors (Lipinski definition) is 3. The van der Waals surface area contributed by atoms with Gasteiger partial charge in [-0.05, 0) is 44.3 Å². The molecule has 112 valence electrons. The topological polar surface area (TPSA) is 53.2 Å². The molecule has 0 saturated heterocycles. The number of carbonyl (C=O) groups excluding carboxylic acids is 1. The van der Waals surface area contributed by atoms with E-state index in [4.69, 9.17) is 0 Å². The van der Waals surface area contributed by atoms with Crippen molar-refractivity contribution in [1.82, 2.24) is 10.6 Å². The Balaban J connectivity index is 2.53. The van der Waals surface area contributed by atoms with Crippen LogP contribution in [-0.4, -0.2) is 30.6 Å². The van der Waals surface area contributed by atoms with Gasteiger partial charge in [-0.3, -0.25) is 0 Å². The number of rotatable bonds is 7. The van der Waals surface area contributed by atoms with Crippen LogP contribution in [0.25, 0.3) is 0 Å². The fraction of sp³-hybridized carbons (Fsp3) is 0.533. The standard InChI is InChI=1S/C15H25N3OS/c1-5-20-10-11(2)17-15(19)18-14-8-6-7-13(9-14)12(3)16-4/h6-9,11-12,16H,5,10H2,1-4H3,(H2,17,18,19). The van der Waals surface area contributed by atoms with Crippen LogP contribution in [-0.2, 0) is 0 Å². The maximum atomic E-state index is 11.9. The van der Waals surface area contributed by atoms with E-state index < -0.39 is 0 Å². The van der Waals surface area contributed by atoms with Crippen LogP contribution >= 0.6 is 11.8 Å². The molecule has 0 spiro atoms. The lowest BCUT2D eigenvalue weighted by Crippen LogP contribution is -2.37. The molecule has 1 aromatic carbocycles. The second-order valence-electron chi connectivity index (χ2n) is 4.79. The summed E-state index contributed by atoms with van der Waals surface area (Å²) in [6, 6.07) is 8.17. The lowest BCUT2D eigenvalue weighted by Gasteiger charge is -2.15. The third-order valence-corrected chi connectivity index (χ3v) is 4.17. The summed E-state index contributed by atoms with van der Waals surface area (Å²) in [4.78, 5) is 11.9. The normalized spacial score (nSPS) is 13.6. The smallest absolute Gasteiger partial charge is 0.319 e. The van der Waals surface area contributed by atoms with Gasteiger partial charge in [-0.15, -0.1) is 0 Å². The average Bonchev–Trinajstić information content (AvgIpc) is 2.44. The van der Waals surface area contributed by atoms with Gasteiger partial charge in [0.05, 0.1) is 0 Å². The lowest BCUT2D eigenvalue weighted by molar-refractivity contribution is 0.250. The minimum absolute atomic E-state index is 0.150. The maximum absolute atomic E-state index is 11.9. The van der Waals surface area contributed by atoms with Crippen molar-refractivity contribution >= 4 is 23.5 Å². The Morgan fingerprint density at radius 1 is 1.35 bits per heavy atom. The molecule has 0 radical (unpaired) electrons. The zero-order chi connectivity index (χ0) is 15.0. The number of hydrogen-bond donors (Lipinski definition) is 3. The Morgan fingerprint density at radius 3 is 2.75 bits per heavy atom. The summed E-state index contributed by atoms with van der Waals surface area (Å²) in [5, 5.41) is 9.01. The first-order valence-corrected chi connectivity index (χ1v) is 8.14. The second-order valence-corrected chi connectivity index (χ2v) is 6.11. The second kappa shape index (κ2) is 8.87. The molecule has 0 aliphatic heterocycles. The zero-order valence-electron chi connectivity index (χ0n) is 12.7. The van der Waals surface area contributed by atoms with Crippen LogP contribution in [0, 0.1) is 0 Å². The Labute approximate surface area is 126 Å². The van der Waals surface area contributed by atoms with Gasteiger partial charge in [-0.1, -0.05) is 19.1 Å². The summed E-state index contributed by atoms with van der Waals surface area (Å²) < 4.78 is 0. The molecule has 0 bridgehead atoms. The first-order chi connectivity index (χ1) is 9.56. The predicted octanol–water partition coefficient (Wildman–Crippen LogP) is 3.23.